The lowest BCUT2D eigenvalue weighted by Gasteiger charge is -2.16. The first-order valence-corrected chi connectivity index (χ1v) is 8.60. The van der Waals surface area contributed by atoms with Gasteiger partial charge in [-0.15, -0.1) is 0 Å². The minimum atomic E-state index is -0.951. The van der Waals surface area contributed by atoms with Gasteiger partial charge in [-0.2, -0.15) is 0 Å². The first-order valence-electron chi connectivity index (χ1n) is 8.60. The predicted octanol–water partition coefficient (Wildman–Crippen LogP) is 5.72. The summed E-state index contributed by atoms with van der Waals surface area (Å²) < 4.78 is 28.7. The number of benzene rings is 2. The molecule has 0 amide bonds. The fourth-order valence-corrected chi connectivity index (χ4v) is 3.22. The Kier molecular flexibility index (Phi) is 5.17. The van der Waals surface area contributed by atoms with Crippen molar-refractivity contribution in [2.45, 2.75) is 13.3 Å². The lowest BCUT2D eigenvalue weighted by Crippen LogP contribution is -2.23. The van der Waals surface area contributed by atoms with Gasteiger partial charge in [0.25, 0.3) is 5.56 Å². The van der Waals surface area contributed by atoms with Gasteiger partial charge in [0.05, 0.1) is 5.39 Å². The van der Waals surface area contributed by atoms with Crippen LogP contribution in [-0.2, 0) is 6.42 Å². The Balaban J connectivity index is 2.43. The van der Waals surface area contributed by atoms with Crippen LogP contribution >= 0.6 is 0 Å². The molecule has 2 aromatic carbocycles. The van der Waals surface area contributed by atoms with Crippen LogP contribution in [0.15, 0.2) is 78.6 Å². The summed E-state index contributed by atoms with van der Waals surface area (Å²) in [4.78, 5) is 13.4. The number of hydrogen-bond donors (Lipinski definition) is 0. The molecule has 27 heavy (non-hydrogen) atoms. The van der Waals surface area contributed by atoms with Crippen LogP contribution in [0, 0.1) is 11.6 Å². The third kappa shape index (κ3) is 3.26. The maximum atomic E-state index is 13.8. The number of halogens is 2. The third-order valence-corrected chi connectivity index (χ3v) is 4.47. The molecule has 0 fully saturated rings. The highest BCUT2D eigenvalue weighted by atomic mass is 19.2. The zero-order valence-corrected chi connectivity index (χ0v) is 15.0. The molecule has 0 radical (unpaired) electrons. The van der Waals surface area contributed by atoms with E-state index in [1.807, 2.05) is 19.1 Å². The lowest BCUT2D eigenvalue weighted by molar-refractivity contribution is 0.509. The van der Waals surface area contributed by atoms with Gasteiger partial charge in [-0.05, 0) is 53.3 Å². The van der Waals surface area contributed by atoms with E-state index in [2.05, 4.69) is 13.2 Å². The lowest BCUT2D eigenvalue weighted by atomic mass is 9.98. The summed E-state index contributed by atoms with van der Waals surface area (Å²) in [6, 6.07) is 11.0. The molecule has 1 aromatic heterocycles. The van der Waals surface area contributed by atoms with E-state index < -0.39 is 11.6 Å². The quantitative estimate of drug-likeness (QED) is 0.531. The van der Waals surface area contributed by atoms with E-state index in [4.69, 9.17) is 0 Å². The van der Waals surface area contributed by atoms with E-state index >= 15 is 0 Å². The maximum absolute atomic E-state index is 13.8. The molecule has 1 heterocycles. The van der Waals surface area contributed by atoms with Crippen LogP contribution in [0.4, 0.5) is 8.78 Å². The van der Waals surface area contributed by atoms with Crippen LogP contribution in [-0.4, -0.2) is 4.57 Å². The van der Waals surface area contributed by atoms with Gasteiger partial charge in [-0.25, -0.2) is 8.78 Å². The molecule has 2 nitrogen and oxygen atoms in total. The molecule has 0 atom stereocenters. The minimum absolute atomic E-state index is 0.238. The zero-order valence-electron chi connectivity index (χ0n) is 15.0. The van der Waals surface area contributed by atoms with Crippen LogP contribution in [0.25, 0.3) is 27.6 Å². The first-order chi connectivity index (χ1) is 13.0. The van der Waals surface area contributed by atoms with Crippen LogP contribution in [0.5, 0.6) is 0 Å². The number of aryl methyl sites for hydroxylation is 1. The number of hydrogen-bond acceptors (Lipinski definition) is 1. The largest absolute Gasteiger partial charge is 0.281 e. The van der Waals surface area contributed by atoms with Gasteiger partial charge in [0.2, 0.25) is 0 Å². The zero-order chi connectivity index (χ0) is 19.6. The monoisotopic (exact) mass is 363 g/mol. The van der Waals surface area contributed by atoms with Gasteiger partial charge >= 0.3 is 0 Å². The number of allylic oxidation sites excluding steroid dienone is 4. The van der Waals surface area contributed by atoms with Crippen LogP contribution in [0.3, 0.4) is 0 Å². The van der Waals surface area contributed by atoms with Crippen molar-refractivity contribution in [3.63, 3.8) is 0 Å². The normalized spacial score (nSPS) is 11.6. The summed E-state index contributed by atoms with van der Waals surface area (Å²) in [6.07, 6.45) is 5.53. The molecule has 3 aromatic rings. The number of rotatable bonds is 5. The molecule has 0 aliphatic carbocycles. The molecule has 0 unspecified atom stereocenters. The fraction of sp³-hybridized carbons (Fsp3) is 0.0870. The van der Waals surface area contributed by atoms with Gasteiger partial charge in [0, 0.05) is 11.4 Å². The standard InChI is InChI=1S/C23H19F2NO/c1-4-8-17(5-2)26-18(6-3)13-16-9-7-10-19(22(16)23(26)27)15-11-12-20(24)21(25)14-15/h4-5,7-14H,1-2,6H2,3H3/b17-8+. The molecule has 0 saturated heterocycles. The molecular formula is C23H19F2NO. The Morgan fingerprint density at radius 3 is 2.52 bits per heavy atom. The number of aromatic nitrogens is 1. The Labute approximate surface area is 156 Å². The maximum Gasteiger partial charge on any atom is 0.263 e. The number of fused-ring (bicyclic) bond motifs is 1. The van der Waals surface area contributed by atoms with Gasteiger partial charge in [0.1, 0.15) is 0 Å². The van der Waals surface area contributed by atoms with Crippen molar-refractivity contribution in [3.05, 3.63) is 102 Å². The van der Waals surface area contributed by atoms with Gasteiger partial charge in [-0.3, -0.25) is 9.36 Å². The molecule has 3 rings (SSSR count). The van der Waals surface area contributed by atoms with Crippen molar-refractivity contribution in [2.75, 3.05) is 0 Å². The number of pyridine rings is 1. The second-order valence-corrected chi connectivity index (χ2v) is 6.06. The van der Waals surface area contributed by atoms with Crippen LogP contribution in [0.1, 0.15) is 12.6 Å². The molecule has 0 spiro atoms. The predicted molar refractivity (Wildman–Crippen MR) is 108 cm³/mol. The Morgan fingerprint density at radius 2 is 1.89 bits per heavy atom. The molecule has 0 N–H and O–H groups in total. The van der Waals surface area contributed by atoms with E-state index in [0.717, 1.165) is 23.2 Å². The second kappa shape index (κ2) is 7.54. The van der Waals surface area contributed by atoms with Gasteiger partial charge in [0.15, 0.2) is 11.6 Å². The highest BCUT2D eigenvalue weighted by Gasteiger charge is 2.15. The van der Waals surface area contributed by atoms with Crippen molar-refractivity contribution >= 4 is 16.5 Å². The highest BCUT2D eigenvalue weighted by Crippen LogP contribution is 2.29. The Hall–Kier alpha value is -3.27. The van der Waals surface area contributed by atoms with Gasteiger partial charge in [-0.1, -0.05) is 50.4 Å². The van der Waals surface area contributed by atoms with E-state index in [9.17, 15) is 13.6 Å². The molecule has 0 saturated carbocycles. The van der Waals surface area contributed by atoms with Crippen LogP contribution in [0.2, 0.25) is 0 Å². The van der Waals surface area contributed by atoms with E-state index in [1.165, 1.54) is 6.07 Å². The fourth-order valence-electron chi connectivity index (χ4n) is 3.22. The van der Waals surface area contributed by atoms with Crippen LogP contribution < -0.4 is 5.56 Å². The Bertz CT molecular complexity index is 1140. The average molecular weight is 363 g/mol. The van der Waals surface area contributed by atoms with Crippen molar-refractivity contribution in [2.24, 2.45) is 0 Å². The van der Waals surface area contributed by atoms with E-state index in [1.54, 1.807) is 34.9 Å². The van der Waals surface area contributed by atoms with Crippen molar-refractivity contribution in [3.8, 4) is 11.1 Å². The summed E-state index contributed by atoms with van der Waals surface area (Å²) in [7, 11) is 0. The average Bonchev–Trinajstić information content (AvgIpc) is 2.68. The van der Waals surface area contributed by atoms with Crippen molar-refractivity contribution < 1.29 is 8.78 Å². The first kappa shape index (κ1) is 18.5. The number of nitrogens with zero attached hydrogens (tertiary/aromatic N) is 1. The summed E-state index contributed by atoms with van der Waals surface area (Å²) in [5.41, 5.74) is 2.18. The Morgan fingerprint density at radius 1 is 1.11 bits per heavy atom. The highest BCUT2D eigenvalue weighted by molar-refractivity contribution is 5.96. The van der Waals surface area contributed by atoms with E-state index in [-0.39, 0.29) is 5.56 Å². The summed E-state index contributed by atoms with van der Waals surface area (Å²) in [5.74, 6) is -1.87. The molecular weight excluding hydrogens is 344 g/mol. The molecule has 4 heteroatoms. The topological polar surface area (TPSA) is 22.0 Å². The molecule has 0 aliphatic rings. The van der Waals surface area contributed by atoms with Gasteiger partial charge < -0.3 is 0 Å². The summed E-state index contributed by atoms with van der Waals surface area (Å²) >= 11 is 0. The van der Waals surface area contributed by atoms with E-state index in [0.29, 0.717) is 28.6 Å². The van der Waals surface area contributed by atoms with Crippen molar-refractivity contribution in [1.82, 2.24) is 4.57 Å². The SMILES string of the molecule is C=C/C=C(\C=C)n1c(CC)cc2cccc(-c3ccc(F)c(F)c3)c2c1=O. The smallest absolute Gasteiger partial charge is 0.263 e. The second-order valence-electron chi connectivity index (χ2n) is 6.06. The molecule has 136 valence electrons. The minimum Gasteiger partial charge on any atom is -0.281 e. The molecule has 0 aliphatic heterocycles. The molecule has 0 bridgehead atoms. The summed E-state index contributed by atoms with van der Waals surface area (Å²) in [6.45, 7) is 9.44. The summed E-state index contributed by atoms with van der Waals surface area (Å²) in [5, 5.41) is 1.19. The van der Waals surface area contributed by atoms with Crippen molar-refractivity contribution in [1.29, 1.82) is 0 Å². The third-order valence-electron chi connectivity index (χ3n) is 4.47.